The molecule has 1 fully saturated rings. The first-order valence-electron chi connectivity index (χ1n) is 6.77. The van der Waals surface area contributed by atoms with Gasteiger partial charge in [-0.25, -0.2) is 0 Å². The molecule has 2 nitrogen and oxygen atoms in total. The summed E-state index contributed by atoms with van der Waals surface area (Å²) < 4.78 is 0. The Bertz CT molecular complexity index is 155. The smallest absolute Gasteiger partial charge is 0.0241 e. The van der Waals surface area contributed by atoms with Crippen molar-refractivity contribution in [3.8, 4) is 0 Å². The summed E-state index contributed by atoms with van der Waals surface area (Å²) in [4.78, 5) is 0. The molecule has 1 aliphatic carbocycles. The molecule has 1 aliphatic rings. The van der Waals surface area contributed by atoms with Gasteiger partial charge in [-0.05, 0) is 24.7 Å². The van der Waals surface area contributed by atoms with Crippen molar-refractivity contribution in [2.45, 2.75) is 71.3 Å². The van der Waals surface area contributed by atoms with Gasteiger partial charge >= 0.3 is 0 Å². The van der Waals surface area contributed by atoms with Gasteiger partial charge in [0, 0.05) is 6.04 Å². The summed E-state index contributed by atoms with van der Waals surface area (Å²) in [6.45, 7) is 4.56. The molecule has 2 atom stereocenters. The Morgan fingerprint density at radius 3 is 2.47 bits per heavy atom. The predicted molar refractivity (Wildman–Crippen MR) is 66.4 cm³/mol. The van der Waals surface area contributed by atoms with Crippen LogP contribution in [0.15, 0.2) is 0 Å². The van der Waals surface area contributed by atoms with Crippen LogP contribution < -0.4 is 11.3 Å². The van der Waals surface area contributed by atoms with Crippen LogP contribution in [0, 0.1) is 11.8 Å². The van der Waals surface area contributed by atoms with Crippen molar-refractivity contribution in [3.63, 3.8) is 0 Å². The first-order chi connectivity index (χ1) is 7.31. The normalized spacial score (nSPS) is 21.0. The first kappa shape index (κ1) is 13.0. The Balaban J connectivity index is 2.30. The highest BCUT2D eigenvalue weighted by Gasteiger charge is 2.25. The van der Waals surface area contributed by atoms with Crippen molar-refractivity contribution in [3.05, 3.63) is 0 Å². The van der Waals surface area contributed by atoms with Crippen molar-refractivity contribution >= 4 is 0 Å². The van der Waals surface area contributed by atoms with Crippen molar-refractivity contribution in [2.75, 3.05) is 0 Å². The molecule has 1 rings (SSSR count). The highest BCUT2D eigenvalue weighted by molar-refractivity contribution is 4.80. The number of nitrogens with one attached hydrogen (secondary N) is 1. The van der Waals surface area contributed by atoms with Gasteiger partial charge in [0.15, 0.2) is 0 Å². The second-order valence-corrected chi connectivity index (χ2v) is 5.12. The Hall–Kier alpha value is -0.0800. The topological polar surface area (TPSA) is 38.0 Å². The molecule has 1 saturated carbocycles. The van der Waals surface area contributed by atoms with Crippen LogP contribution in [0.2, 0.25) is 0 Å². The molecule has 0 aromatic heterocycles. The molecule has 3 N–H and O–H groups in total. The van der Waals surface area contributed by atoms with Crippen LogP contribution in [0.25, 0.3) is 0 Å². The molecular weight excluding hydrogens is 184 g/mol. The van der Waals surface area contributed by atoms with Crippen molar-refractivity contribution in [1.82, 2.24) is 5.43 Å². The summed E-state index contributed by atoms with van der Waals surface area (Å²) >= 11 is 0. The lowest BCUT2D eigenvalue weighted by atomic mass is 9.77. The lowest BCUT2D eigenvalue weighted by molar-refractivity contribution is 0.211. The highest BCUT2D eigenvalue weighted by atomic mass is 15.2. The fourth-order valence-electron chi connectivity index (χ4n) is 2.64. The zero-order chi connectivity index (χ0) is 11.1. The number of hydrogen-bond donors (Lipinski definition) is 2. The van der Waals surface area contributed by atoms with E-state index in [-0.39, 0.29) is 0 Å². The minimum atomic E-state index is 0.562. The van der Waals surface area contributed by atoms with E-state index in [4.69, 9.17) is 5.84 Å². The predicted octanol–water partition coefficient (Wildman–Crippen LogP) is 3.22. The monoisotopic (exact) mass is 212 g/mol. The fourth-order valence-corrected chi connectivity index (χ4v) is 2.64. The maximum Gasteiger partial charge on any atom is 0.0241 e. The van der Waals surface area contributed by atoms with E-state index in [1.54, 1.807) is 0 Å². The minimum Gasteiger partial charge on any atom is -0.271 e. The summed E-state index contributed by atoms with van der Waals surface area (Å²) in [6.07, 6.45) is 10.9. The minimum absolute atomic E-state index is 0.562. The summed E-state index contributed by atoms with van der Waals surface area (Å²) in [5.74, 6) is 7.45. The van der Waals surface area contributed by atoms with Crippen LogP contribution in [0.3, 0.4) is 0 Å². The summed E-state index contributed by atoms with van der Waals surface area (Å²) in [7, 11) is 0. The van der Waals surface area contributed by atoms with Gasteiger partial charge in [0.05, 0.1) is 0 Å². The van der Waals surface area contributed by atoms with Gasteiger partial charge < -0.3 is 0 Å². The van der Waals surface area contributed by atoms with E-state index in [1.807, 2.05) is 0 Å². The number of nitrogens with two attached hydrogens (primary N) is 1. The maximum absolute atomic E-state index is 5.70. The van der Waals surface area contributed by atoms with Crippen LogP contribution >= 0.6 is 0 Å². The Morgan fingerprint density at radius 2 is 2.07 bits per heavy atom. The van der Waals surface area contributed by atoms with Crippen LogP contribution in [-0.4, -0.2) is 6.04 Å². The number of rotatable bonds is 8. The van der Waals surface area contributed by atoms with E-state index in [2.05, 4.69) is 19.3 Å². The second-order valence-electron chi connectivity index (χ2n) is 5.12. The van der Waals surface area contributed by atoms with Crippen LogP contribution in [0.4, 0.5) is 0 Å². The molecule has 15 heavy (non-hydrogen) atoms. The zero-order valence-electron chi connectivity index (χ0n) is 10.5. The molecule has 0 spiro atoms. The number of hydrogen-bond acceptors (Lipinski definition) is 2. The molecular formula is C13H28N2. The van der Waals surface area contributed by atoms with E-state index < -0.39 is 0 Å². The molecule has 0 aliphatic heterocycles. The summed E-state index contributed by atoms with van der Waals surface area (Å²) in [5, 5.41) is 0. The van der Waals surface area contributed by atoms with Gasteiger partial charge in [-0.3, -0.25) is 11.3 Å². The third-order valence-electron chi connectivity index (χ3n) is 4.05. The SMILES string of the molecule is CCCCC(CC)C(CC1CCC1)NN. The lowest BCUT2D eigenvalue weighted by Gasteiger charge is -2.33. The van der Waals surface area contributed by atoms with Gasteiger partial charge in [0.2, 0.25) is 0 Å². The van der Waals surface area contributed by atoms with Gasteiger partial charge in [-0.1, -0.05) is 52.4 Å². The fraction of sp³-hybridized carbons (Fsp3) is 1.00. The van der Waals surface area contributed by atoms with Gasteiger partial charge in [0.1, 0.15) is 0 Å². The van der Waals surface area contributed by atoms with E-state index in [0.717, 1.165) is 11.8 Å². The highest BCUT2D eigenvalue weighted by Crippen LogP contribution is 2.33. The molecule has 0 saturated heterocycles. The Kier molecular flexibility index (Phi) is 6.26. The molecule has 0 aromatic rings. The van der Waals surface area contributed by atoms with Crippen LogP contribution in [-0.2, 0) is 0 Å². The van der Waals surface area contributed by atoms with Gasteiger partial charge in [0.25, 0.3) is 0 Å². The molecule has 90 valence electrons. The first-order valence-corrected chi connectivity index (χ1v) is 6.77. The Labute approximate surface area is 95.0 Å². The van der Waals surface area contributed by atoms with E-state index in [1.165, 1.54) is 51.4 Å². The second kappa shape index (κ2) is 7.24. The molecule has 0 heterocycles. The van der Waals surface area contributed by atoms with E-state index >= 15 is 0 Å². The average molecular weight is 212 g/mol. The molecule has 2 unspecified atom stereocenters. The molecule has 0 amide bonds. The van der Waals surface area contributed by atoms with E-state index in [0.29, 0.717) is 6.04 Å². The number of unbranched alkanes of at least 4 members (excludes halogenated alkanes) is 1. The van der Waals surface area contributed by atoms with Gasteiger partial charge in [-0.2, -0.15) is 0 Å². The standard InChI is InChI=1S/C13H28N2/c1-3-5-9-12(4-2)13(15-14)10-11-7-6-8-11/h11-13,15H,3-10,14H2,1-2H3. The average Bonchev–Trinajstić information content (AvgIpc) is 2.20. The number of hydrazine groups is 1. The third-order valence-corrected chi connectivity index (χ3v) is 4.05. The maximum atomic E-state index is 5.70. The van der Waals surface area contributed by atoms with Crippen molar-refractivity contribution < 1.29 is 0 Å². The molecule has 0 bridgehead atoms. The van der Waals surface area contributed by atoms with Crippen LogP contribution in [0.1, 0.15) is 65.2 Å². The lowest BCUT2D eigenvalue weighted by Crippen LogP contribution is -2.42. The molecule has 2 heteroatoms. The largest absolute Gasteiger partial charge is 0.271 e. The van der Waals surface area contributed by atoms with Crippen molar-refractivity contribution in [2.24, 2.45) is 17.7 Å². The Morgan fingerprint density at radius 1 is 1.33 bits per heavy atom. The molecule has 0 radical (unpaired) electrons. The zero-order valence-corrected chi connectivity index (χ0v) is 10.5. The van der Waals surface area contributed by atoms with Gasteiger partial charge in [-0.15, -0.1) is 0 Å². The quantitative estimate of drug-likeness (QED) is 0.479. The molecule has 0 aromatic carbocycles. The van der Waals surface area contributed by atoms with E-state index in [9.17, 15) is 0 Å². The summed E-state index contributed by atoms with van der Waals surface area (Å²) in [6, 6.07) is 0.562. The van der Waals surface area contributed by atoms with Crippen LogP contribution in [0.5, 0.6) is 0 Å². The van der Waals surface area contributed by atoms with Crippen molar-refractivity contribution in [1.29, 1.82) is 0 Å². The third kappa shape index (κ3) is 4.12. The summed E-state index contributed by atoms with van der Waals surface area (Å²) in [5.41, 5.74) is 3.06.